The number of para-hydroxylation sites is 1. The van der Waals surface area contributed by atoms with Crippen molar-refractivity contribution in [3.05, 3.63) is 53.6 Å². The highest BCUT2D eigenvalue weighted by atomic mass is 35.5. The molecule has 0 radical (unpaired) electrons. The van der Waals surface area contributed by atoms with Crippen LogP contribution in [0.25, 0.3) is 0 Å². The lowest BCUT2D eigenvalue weighted by Gasteiger charge is -2.36. The third-order valence-corrected chi connectivity index (χ3v) is 5.90. The van der Waals surface area contributed by atoms with E-state index < -0.39 is 0 Å². The number of hydrogen-bond acceptors (Lipinski definition) is 5. The highest BCUT2D eigenvalue weighted by Gasteiger charge is 2.27. The van der Waals surface area contributed by atoms with Gasteiger partial charge in [0, 0.05) is 44.0 Å². The van der Waals surface area contributed by atoms with Crippen molar-refractivity contribution in [2.45, 2.75) is 19.8 Å². The van der Waals surface area contributed by atoms with Gasteiger partial charge in [-0.3, -0.25) is 9.59 Å². The Bertz CT molecular complexity index is 987. The van der Waals surface area contributed by atoms with E-state index >= 15 is 0 Å². The van der Waals surface area contributed by atoms with Gasteiger partial charge in [-0.2, -0.15) is 5.10 Å². The molecule has 2 aromatic carbocycles. The van der Waals surface area contributed by atoms with E-state index in [4.69, 9.17) is 11.6 Å². The van der Waals surface area contributed by atoms with Crippen LogP contribution >= 0.6 is 11.6 Å². The maximum atomic E-state index is 13.0. The number of hydrazone groups is 1. The monoisotopic (exact) mass is 439 g/mol. The van der Waals surface area contributed by atoms with Crippen molar-refractivity contribution >= 4 is 46.2 Å². The fourth-order valence-electron chi connectivity index (χ4n) is 3.87. The third-order valence-electron chi connectivity index (χ3n) is 5.66. The smallest absolute Gasteiger partial charge is 0.271 e. The lowest BCUT2D eigenvalue weighted by Crippen LogP contribution is -2.46. The minimum atomic E-state index is -0.316. The molecule has 162 valence electrons. The first-order valence-electron chi connectivity index (χ1n) is 10.6. The Kier molecular flexibility index (Phi) is 6.53. The molecule has 0 aliphatic carbocycles. The zero-order valence-corrected chi connectivity index (χ0v) is 18.3. The Labute approximate surface area is 187 Å². The van der Waals surface area contributed by atoms with Gasteiger partial charge in [0.25, 0.3) is 5.91 Å². The SMILES string of the molecule is CCN1CCN(c2ccc(Cl)cc2NC(=O)C2=NN(c3ccccc3)C(=O)CC2)CC1. The van der Waals surface area contributed by atoms with Crippen molar-refractivity contribution in [1.82, 2.24) is 4.90 Å². The molecule has 2 aliphatic rings. The first kappa shape index (κ1) is 21.3. The maximum Gasteiger partial charge on any atom is 0.271 e. The van der Waals surface area contributed by atoms with Crippen molar-refractivity contribution in [3.8, 4) is 0 Å². The van der Waals surface area contributed by atoms with Crippen LogP contribution in [0.3, 0.4) is 0 Å². The van der Waals surface area contributed by atoms with E-state index in [0.29, 0.717) is 28.5 Å². The Morgan fingerprint density at radius 1 is 1.06 bits per heavy atom. The number of hydrogen-bond donors (Lipinski definition) is 1. The zero-order chi connectivity index (χ0) is 21.8. The van der Waals surface area contributed by atoms with Crippen LogP contribution in [0.1, 0.15) is 19.8 Å². The largest absolute Gasteiger partial charge is 0.367 e. The van der Waals surface area contributed by atoms with E-state index in [0.717, 1.165) is 38.4 Å². The van der Waals surface area contributed by atoms with Gasteiger partial charge in [-0.15, -0.1) is 0 Å². The summed E-state index contributed by atoms with van der Waals surface area (Å²) in [6, 6.07) is 14.7. The topological polar surface area (TPSA) is 68.2 Å². The summed E-state index contributed by atoms with van der Waals surface area (Å²) < 4.78 is 0. The molecular weight excluding hydrogens is 414 g/mol. The summed E-state index contributed by atoms with van der Waals surface area (Å²) in [4.78, 5) is 30.0. The fourth-order valence-corrected chi connectivity index (χ4v) is 4.04. The number of halogens is 1. The number of carbonyl (C=O) groups is 2. The van der Waals surface area contributed by atoms with Crippen LogP contribution in [0.4, 0.5) is 17.1 Å². The summed E-state index contributed by atoms with van der Waals surface area (Å²) >= 11 is 6.23. The molecule has 2 aliphatic heterocycles. The van der Waals surface area contributed by atoms with Crippen molar-refractivity contribution in [2.75, 3.05) is 47.9 Å². The highest BCUT2D eigenvalue weighted by Crippen LogP contribution is 2.30. The van der Waals surface area contributed by atoms with Crippen LogP contribution in [0.2, 0.25) is 5.02 Å². The molecular formula is C23H26ClN5O2. The molecule has 0 unspecified atom stereocenters. The minimum absolute atomic E-state index is 0.125. The Morgan fingerprint density at radius 2 is 1.81 bits per heavy atom. The van der Waals surface area contributed by atoms with E-state index in [1.807, 2.05) is 30.3 Å². The molecule has 1 saturated heterocycles. The maximum absolute atomic E-state index is 13.0. The molecule has 0 saturated carbocycles. The van der Waals surface area contributed by atoms with Crippen molar-refractivity contribution in [3.63, 3.8) is 0 Å². The van der Waals surface area contributed by atoms with E-state index in [1.54, 1.807) is 18.2 Å². The zero-order valence-electron chi connectivity index (χ0n) is 17.6. The molecule has 2 aromatic rings. The van der Waals surface area contributed by atoms with Crippen LogP contribution in [0, 0.1) is 0 Å². The summed E-state index contributed by atoms with van der Waals surface area (Å²) in [5, 5.41) is 9.19. The van der Waals surface area contributed by atoms with Gasteiger partial charge in [0.05, 0.1) is 17.1 Å². The summed E-state index contributed by atoms with van der Waals surface area (Å²) in [7, 11) is 0. The molecule has 2 heterocycles. The van der Waals surface area contributed by atoms with Gasteiger partial charge < -0.3 is 15.1 Å². The number of amides is 2. The molecule has 1 fully saturated rings. The molecule has 2 amide bonds. The first-order chi connectivity index (χ1) is 15.0. The van der Waals surface area contributed by atoms with Gasteiger partial charge in [0.2, 0.25) is 5.91 Å². The van der Waals surface area contributed by atoms with Crippen LogP contribution in [0.15, 0.2) is 53.6 Å². The van der Waals surface area contributed by atoms with E-state index in [9.17, 15) is 9.59 Å². The van der Waals surface area contributed by atoms with E-state index in [-0.39, 0.29) is 18.2 Å². The Balaban J connectivity index is 1.54. The lowest BCUT2D eigenvalue weighted by molar-refractivity contribution is -0.118. The number of benzene rings is 2. The summed E-state index contributed by atoms with van der Waals surface area (Å²) in [6.07, 6.45) is 0.543. The van der Waals surface area contributed by atoms with E-state index in [2.05, 4.69) is 27.1 Å². The molecule has 0 bridgehead atoms. The van der Waals surface area contributed by atoms with Gasteiger partial charge in [0.15, 0.2) is 0 Å². The standard InChI is InChI=1S/C23H26ClN5O2/c1-2-27-12-14-28(15-13-27)21-10-8-17(24)16-20(21)25-23(31)19-9-11-22(30)29(26-19)18-6-4-3-5-7-18/h3-8,10,16H,2,9,11-15H2,1H3,(H,25,31). The van der Waals surface area contributed by atoms with Crippen molar-refractivity contribution in [1.29, 1.82) is 0 Å². The second kappa shape index (κ2) is 9.49. The number of anilines is 3. The predicted octanol–water partition coefficient (Wildman–Crippen LogP) is 3.60. The summed E-state index contributed by atoms with van der Waals surface area (Å²) in [5.74, 6) is -0.441. The molecule has 7 nitrogen and oxygen atoms in total. The minimum Gasteiger partial charge on any atom is -0.367 e. The fraction of sp³-hybridized carbons (Fsp3) is 0.348. The molecule has 0 spiro atoms. The average Bonchev–Trinajstić information content (AvgIpc) is 2.80. The number of nitrogens with one attached hydrogen (secondary N) is 1. The number of nitrogens with zero attached hydrogens (tertiary/aromatic N) is 4. The highest BCUT2D eigenvalue weighted by molar-refractivity contribution is 6.44. The molecule has 0 aromatic heterocycles. The van der Waals surface area contributed by atoms with Gasteiger partial charge in [-0.05, 0) is 36.9 Å². The summed E-state index contributed by atoms with van der Waals surface area (Å²) in [6.45, 7) is 6.93. The van der Waals surface area contributed by atoms with Crippen LogP contribution in [0.5, 0.6) is 0 Å². The molecule has 4 rings (SSSR count). The predicted molar refractivity (Wildman–Crippen MR) is 125 cm³/mol. The Morgan fingerprint density at radius 3 is 2.52 bits per heavy atom. The van der Waals surface area contributed by atoms with E-state index in [1.165, 1.54) is 5.01 Å². The second-order valence-corrected chi connectivity index (χ2v) is 8.06. The number of piperazine rings is 1. The number of likely N-dealkylation sites (N-methyl/N-ethyl adjacent to an activating group) is 1. The molecule has 31 heavy (non-hydrogen) atoms. The normalized spacial score (nSPS) is 17.5. The van der Waals surface area contributed by atoms with Gasteiger partial charge in [0.1, 0.15) is 5.71 Å². The number of rotatable bonds is 5. The Hall–Kier alpha value is -2.90. The molecule has 0 atom stereocenters. The molecule has 8 heteroatoms. The van der Waals surface area contributed by atoms with Gasteiger partial charge in [-0.25, -0.2) is 5.01 Å². The third kappa shape index (κ3) is 4.89. The van der Waals surface area contributed by atoms with Crippen molar-refractivity contribution < 1.29 is 9.59 Å². The van der Waals surface area contributed by atoms with Crippen LogP contribution < -0.4 is 15.2 Å². The average molecular weight is 440 g/mol. The lowest BCUT2D eigenvalue weighted by atomic mass is 10.1. The van der Waals surface area contributed by atoms with Gasteiger partial charge >= 0.3 is 0 Å². The first-order valence-corrected chi connectivity index (χ1v) is 11.0. The van der Waals surface area contributed by atoms with Gasteiger partial charge in [-0.1, -0.05) is 36.7 Å². The van der Waals surface area contributed by atoms with Crippen LogP contribution in [-0.4, -0.2) is 55.1 Å². The summed E-state index contributed by atoms with van der Waals surface area (Å²) in [5.41, 5.74) is 2.58. The number of carbonyl (C=O) groups excluding carboxylic acids is 2. The second-order valence-electron chi connectivity index (χ2n) is 7.62. The van der Waals surface area contributed by atoms with Crippen LogP contribution in [-0.2, 0) is 9.59 Å². The van der Waals surface area contributed by atoms with Crippen molar-refractivity contribution in [2.24, 2.45) is 5.10 Å². The molecule has 1 N–H and O–H groups in total. The quantitative estimate of drug-likeness (QED) is 0.772.